The number of benzene rings is 1. The van der Waals surface area contributed by atoms with Crippen LogP contribution in [0.5, 0.6) is 6.01 Å². The second-order valence-electron chi connectivity index (χ2n) is 11.9. The topological polar surface area (TPSA) is 124 Å². The van der Waals surface area contributed by atoms with E-state index in [1.807, 2.05) is 6.07 Å². The van der Waals surface area contributed by atoms with Gasteiger partial charge in [-0.3, -0.25) is 9.69 Å². The molecule has 0 bridgehead atoms. The molecular formula is C31H32ClF5N8O2. The Morgan fingerprint density at radius 3 is 2.53 bits per heavy atom. The van der Waals surface area contributed by atoms with Gasteiger partial charge in [-0.05, 0) is 51.1 Å². The Balaban J connectivity index is 1.66. The molecule has 1 aromatic carbocycles. The number of halogens is 6. The third-order valence-corrected chi connectivity index (χ3v) is 8.81. The van der Waals surface area contributed by atoms with Gasteiger partial charge in [0.1, 0.15) is 24.4 Å². The highest BCUT2D eigenvalue weighted by Gasteiger charge is 2.39. The summed E-state index contributed by atoms with van der Waals surface area (Å²) in [6, 6.07) is 4.26. The molecule has 16 heteroatoms. The number of aryl methyl sites for hydroxylation is 1. The first-order valence-electron chi connectivity index (χ1n) is 14.7. The van der Waals surface area contributed by atoms with Crippen LogP contribution in [0.25, 0.3) is 22.2 Å². The number of nitriles is 1. The Labute approximate surface area is 272 Å². The van der Waals surface area contributed by atoms with Gasteiger partial charge in [0.2, 0.25) is 0 Å². The first kappa shape index (κ1) is 34.1. The number of anilines is 2. The summed E-state index contributed by atoms with van der Waals surface area (Å²) in [5, 5.41) is 9.73. The number of carbonyl (C=O) groups is 1. The molecule has 3 aromatic rings. The number of ether oxygens (including phenoxy) is 1. The summed E-state index contributed by atoms with van der Waals surface area (Å²) in [5.74, 6) is -1.97. The minimum absolute atomic E-state index is 0.00775. The number of likely N-dealkylation sites (tertiary alicyclic amines) is 1. The SMILES string of the molecule is C=C(F)C(=O)N1CC(C)N(c2nc(OC[C@@H]3C[C@@H](F)CN3C)nc3cc(-c4nc(N)cc(C)c4C(F)(F)F)c(Cl)cc23)C[C@H]1CC#N. The van der Waals surface area contributed by atoms with Gasteiger partial charge in [0, 0.05) is 42.7 Å². The minimum Gasteiger partial charge on any atom is -0.462 e. The van der Waals surface area contributed by atoms with E-state index in [1.165, 1.54) is 24.0 Å². The summed E-state index contributed by atoms with van der Waals surface area (Å²) in [4.78, 5) is 30.6. The number of pyridine rings is 1. The molecule has 1 unspecified atom stereocenters. The molecule has 4 heterocycles. The van der Waals surface area contributed by atoms with E-state index in [0.29, 0.717) is 5.39 Å². The zero-order valence-electron chi connectivity index (χ0n) is 25.8. The fraction of sp³-hybridized carbons (Fsp3) is 0.452. The lowest BCUT2D eigenvalue weighted by atomic mass is 9.99. The summed E-state index contributed by atoms with van der Waals surface area (Å²) in [7, 11) is 1.76. The number of likely N-dealkylation sites (N-methyl/N-ethyl adjacent to an activating group) is 1. The molecule has 4 atom stereocenters. The number of rotatable bonds is 7. The summed E-state index contributed by atoms with van der Waals surface area (Å²) in [6.45, 7) is 6.46. The summed E-state index contributed by atoms with van der Waals surface area (Å²) >= 11 is 6.66. The van der Waals surface area contributed by atoms with Gasteiger partial charge >= 0.3 is 12.2 Å². The van der Waals surface area contributed by atoms with Crippen molar-refractivity contribution >= 4 is 40.0 Å². The molecule has 2 N–H and O–H groups in total. The number of nitrogen functional groups attached to an aromatic ring is 1. The first-order chi connectivity index (χ1) is 22.1. The van der Waals surface area contributed by atoms with E-state index >= 15 is 0 Å². The Kier molecular flexibility index (Phi) is 9.47. The zero-order chi connectivity index (χ0) is 34.4. The predicted octanol–water partition coefficient (Wildman–Crippen LogP) is 5.48. The normalized spacial score (nSPS) is 22.0. The molecule has 0 spiro atoms. The van der Waals surface area contributed by atoms with Gasteiger partial charge in [-0.2, -0.15) is 28.4 Å². The summed E-state index contributed by atoms with van der Waals surface area (Å²) in [5.41, 5.74) is 4.30. The fourth-order valence-electron chi connectivity index (χ4n) is 6.22. The van der Waals surface area contributed by atoms with Gasteiger partial charge in [0.25, 0.3) is 5.91 Å². The Hall–Kier alpha value is -4.29. The predicted molar refractivity (Wildman–Crippen MR) is 166 cm³/mol. The Morgan fingerprint density at radius 1 is 1.19 bits per heavy atom. The second-order valence-corrected chi connectivity index (χ2v) is 12.3. The zero-order valence-corrected chi connectivity index (χ0v) is 26.5. The van der Waals surface area contributed by atoms with Gasteiger partial charge in [-0.15, -0.1) is 0 Å². The average molecular weight is 679 g/mol. The monoisotopic (exact) mass is 678 g/mol. The fourth-order valence-corrected chi connectivity index (χ4v) is 6.48. The van der Waals surface area contributed by atoms with Gasteiger partial charge in [-0.1, -0.05) is 18.2 Å². The highest BCUT2D eigenvalue weighted by atomic mass is 35.5. The first-order valence-corrected chi connectivity index (χ1v) is 15.1. The molecule has 1 amide bonds. The molecule has 2 aliphatic heterocycles. The van der Waals surface area contributed by atoms with E-state index in [1.54, 1.807) is 23.8 Å². The maximum Gasteiger partial charge on any atom is 0.418 e. The number of alkyl halides is 4. The van der Waals surface area contributed by atoms with Crippen molar-refractivity contribution in [2.24, 2.45) is 0 Å². The van der Waals surface area contributed by atoms with Crippen molar-refractivity contribution in [3.05, 3.63) is 46.8 Å². The molecule has 10 nitrogen and oxygen atoms in total. The molecule has 0 saturated carbocycles. The molecule has 47 heavy (non-hydrogen) atoms. The number of hydrogen-bond donors (Lipinski definition) is 1. The molecule has 0 radical (unpaired) electrons. The van der Waals surface area contributed by atoms with Crippen LogP contribution in [0.1, 0.15) is 30.9 Å². The van der Waals surface area contributed by atoms with Crippen LogP contribution < -0.4 is 15.4 Å². The van der Waals surface area contributed by atoms with Crippen LogP contribution in [-0.2, 0) is 11.0 Å². The van der Waals surface area contributed by atoms with E-state index in [9.17, 15) is 32.0 Å². The molecule has 0 aliphatic carbocycles. The Morgan fingerprint density at radius 2 is 1.91 bits per heavy atom. The average Bonchev–Trinajstić information content (AvgIpc) is 3.30. The third kappa shape index (κ3) is 6.89. The number of fused-ring (bicyclic) bond motifs is 1. The van der Waals surface area contributed by atoms with Gasteiger partial charge in [0.05, 0.1) is 40.3 Å². The molecule has 2 aliphatic rings. The van der Waals surface area contributed by atoms with E-state index in [0.717, 1.165) is 6.07 Å². The Bertz CT molecular complexity index is 1770. The van der Waals surface area contributed by atoms with Gasteiger partial charge in [0.15, 0.2) is 5.83 Å². The highest BCUT2D eigenvalue weighted by Crippen LogP contribution is 2.43. The molecule has 2 fully saturated rings. The van der Waals surface area contributed by atoms with Crippen molar-refractivity contribution in [3.8, 4) is 23.3 Å². The van der Waals surface area contributed by atoms with Gasteiger partial charge in [-0.25, -0.2) is 13.8 Å². The quantitative estimate of drug-likeness (QED) is 0.256. The van der Waals surface area contributed by atoms with Crippen molar-refractivity contribution in [1.82, 2.24) is 24.8 Å². The van der Waals surface area contributed by atoms with Crippen LogP contribution in [0.3, 0.4) is 0 Å². The lowest BCUT2D eigenvalue weighted by Gasteiger charge is -2.45. The lowest BCUT2D eigenvalue weighted by Crippen LogP contribution is -2.59. The summed E-state index contributed by atoms with van der Waals surface area (Å²) in [6.07, 6.45) is -5.70. The van der Waals surface area contributed by atoms with E-state index in [4.69, 9.17) is 22.1 Å². The largest absolute Gasteiger partial charge is 0.462 e. The van der Waals surface area contributed by atoms with Crippen molar-refractivity contribution in [2.75, 3.05) is 43.9 Å². The maximum absolute atomic E-state index is 14.2. The van der Waals surface area contributed by atoms with Crippen LogP contribution in [-0.4, -0.2) is 88.2 Å². The smallest absolute Gasteiger partial charge is 0.418 e. The molecular weight excluding hydrogens is 647 g/mol. The summed E-state index contributed by atoms with van der Waals surface area (Å²) < 4.78 is 76.6. The van der Waals surface area contributed by atoms with Crippen molar-refractivity contribution in [2.45, 2.75) is 57.2 Å². The van der Waals surface area contributed by atoms with Crippen molar-refractivity contribution < 1.29 is 31.5 Å². The van der Waals surface area contributed by atoms with Crippen molar-refractivity contribution in [1.29, 1.82) is 5.26 Å². The van der Waals surface area contributed by atoms with Crippen LogP contribution in [0.4, 0.5) is 33.6 Å². The number of nitrogens with zero attached hydrogens (tertiary/aromatic N) is 7. The van der Waals surface area contributed by atoms with Crippen molar-refractivity contribution in [3.63, 3.8) is 0 Å². The second kappa shape index (κ2) is 13.1. The van der Waals surface area contributed by atoms with Gasteiger partial charge < -0.3 is 20.3 Å². The molecule has 250 valence electrons. The molecule has 2 aromatic heterocycles. The number of nitrogens with two attached hydrogens (primary N) is 1. The third-order valence-electron chi connectivity index (χ3n) is 8.49. The number of hydrogen-bond acceptors (Lipinski definition) is 9. The maximum atomic E-state index is 14.2. The highest BCUT2D eigenvalue weighted by molar-refractivity contribution is 6.34. The molecule has 5 rings (SSSR count). The van der Waals surface area contributed by atoms with E-state index in [2.05, 4.69) is 21.5 Å². The minimum atomic E-state index is -4.78. The van der Waals surface area contributed by atoms with Crippen LogP contribution in [0, 0.1) is 18.3 Å². The van der Waals surface area contributed by atoms with Crippen LogP contribution in [0.15, 0.2) is 30.6 Å². The van der Waals surface area contributed by atoms with E-state index in [-0.39, 0.29) is 84.4 Å². The molecule has 2 saturated heterocycles. The van der Waals surface area contributed by atoms with Crippen LogP contribution >= 0.6 is 11.6 Å². The standard InChI is InChI=1S/C31H32ClF5N8O2/c1-15-7-25(39)41-27(26(15)31(35,36)37)21-10-24-22(9-23(21)32)28(42-30(40-24)47-14-20-8-18(34)12-43(20)4)44-13-19(5-6-38)45(11-16(44)2)29(46)17(3)33/h7,9-10,16,18-20H,3,5,8,11-14H2,1-2,4H3,(H2,39,41)/t16?,18-,19-,20+/m1/s1. The van der Waals surface area contributed by atoms with Crippen LogP contribution in [0.2, 0.25) is 5.02 Å². The number of piperazine rings is 1. The lowest BCUT2D eigenvalue weighted by molar-refractivity contribution is -0.137. The number of aromatic nitrogens is 3. The number of carbonyl (C=O) groups excluding carboxylic acids is 1. The van der Waals surface area contributed by atoms with E-state index < -0.39 is 47.4 Å². The number of amides is 1.